The number of aromatic amines is 1. The van der Waals surface area contributed by atoms with Gasteiger partial charge in [0.15, 0.2) is 5.82 Å². The van der Waals surface area contributed by atoms with Crippen molar-refractivity contribution in [3.8, 4) is 23.3 Å². The van der Waals surface area contributed by atoms with Crippen LogP contribution < -0.4 is 14.8 Å². The van der Waals surface area contributed by atoms with Crippen LogP contribution >= 0.6 is 11.6 Å². The maximum atomic E-state index is 13.4. The molecule has 1 saturated heterocycles. The normalized spacial score (nSPS) is 19.9. The SMILES string of the molecule is COc1cc([C@@H](C)C(=O)N2CC[C@]3(CCc4cc(-c5nc(OC)n[nH]5)c(C)nc4N3)C2)c(Cl)cn1. The van der Waals surface area contributed by atoms with Crippen LogP contribution in [-0.2, 0) is 11.2 Å². The lowest BCUT2D eigenvalue weighted by Crippen LogP contribution is -2.46. The van der Waals surface area contributed by atoms with E-state index < -0.39 is 5.92 Å². The van der Waals surface area contributed by atoms with Gasteiger partial charge in [0.05, 0.1) is 36.4 Å². The van der Waals surface area contributed by atoms with Crippen molar-refractivity contribution in [1.29, 1.82) is 0 Å². The first-order valence-electron chi connectivity index (χ1n) is 11.6. The van der Waals surface area contributed by atoms with Crippen LogP contribution in [0.4, 0.5) is 5.82 Å². The van der Waals surface area contributed by atoms with Crippen molar-refractivity contribution < 1.29 is 14.3 Å². The minimum Gasteiger partial charge on any atom is -0.481 e. The van der Waals surface area contributed by atoms with Crippen LogP contribution in [0.25, 0.3) is 11.4 Å². The number of likely N-dealkylation sites (tertiary alicyclic amines) is 1. The molecule has 1 spiro atoms. The van der Waals surface area contributed by atoms with E-state index in [-0.39, 0.29) is 11.4 Å². The number of H-pyrrole nitrogens is 1. The zero-order valence-corrected chi connectivity index (χ0v) is 20.9. The highest BCUT2D eigenvalue weighted by atomic mass is 35.5. The Morgan fingerprint density at radius 2 is 2.06 bits per heavy atom. The van der Waals surface area contributed by atoms with Gasteiger partial charge in [-0.3, -0.25) is 9.89 Å². The van der Waals surface area contributed by atoms with Gasteiger partial charge < -0.3 is 19.7 Å². The Kier molecular flexibility index (Phi) is 6.00. The number of hydrogen-bond donors (Lipinski definition) is 2. The van der Waals surface area contributed by atoms with Crippen LogP contribution in [0.15, 0.2) is 18.3 Å². The average molecular weight is 498 g/mol. The summed E-state index contributed by atoms with van der Waals surface area (Å²) in [5.74, 6) is 1.59. The van der Waals surface area contributed by atoms with Crippen molar-refractivity contribution in [2.24, 2.45) is 0 Å². The number of amides is 1. The number of ether oxygens (including phenoxy) is 2. The van der Waals surface area contributed by atoms with E-state index >= 15 is 0 Å². The highest BCUT2D eigenvalue weighted by Crippen LogP contribution is 2.39. The lowest BCUT2D eigenvalue weighted by Gasteiger charge is -2.36. The summed E-state index contributed by atoms with van der Waals surface area (Å²) in [7, 11) is 3.08. The Bertz CT molecular complexity index is 1280. The molecule has 1 amide bonds. The average Bonchev–Trinajstić information content (AvgIpc) is 3.50. The highest BCUT2D eigenvalue weighted by molar-refractivity contribution is 6.31. The summed E-state index contributed by atoms with van der Waals surface area (Å²) in [6, 6.07) is 4.14. The third kappa shape index (κ3) is 4.27. The zero-order chi connectivity index (χ0) is 24.7. The minimum atomic E-state index is -0.396. The number of anilines is 1. The molecule has 0 bridgehead atoms. The van der Waals surface area contributed by atoms with Gasteiger partial charge in [0.25, 0.3) is 0 Å². The molecule has 3 aromatic rings. The largest absolute Gasteiger partial charge is 0.481 e. The number of nitrogens with zero attached hydrogens (tertiary/aromatic N) is 5. The number of hydrogen-bond acceptors (Lipinski definition) is 8. The van der Waals surface area contributed by atoms with Crippen molar-refractivity contribution >= 4 is 23.3 Å². The van der Waals surface area contributed by atoms with Crippen molar-refractivity contribution in [2.45, 2.75) is 44.6 Å². The number of nitrogens with one attached hydrogen (secondary N) is 2. The van der Waals surface area contributed by atoms with E-state index in [2.05, 4.69) is 31.5 Å². The van der Waals surface area contributed by atoms with Crippen LogP contribution in [-0.4, -0.2) is 68.8 Å². The third-order valence-corrected chi connectivity index (χ3v) is 7.34. The number of rotatable bonds is 5. The first-order valence-corrected chi connectivity index (χ1v) is 11.9. The molecule has 35 heavy (non-hydrogen) atoms. The fraction of sp³-hybridized carbons (Fsp3) is 0.458. The monoisotopic (exact) mass is 497 g/mol. The van der Waals surface area contributed by atoms with Gasteiger partial charge in [0, 0.05) is 30.9 Å². The van der Waals surface area contributed by atoms with E-state index in [0.717, 1.165) is 47.5 Å². The Morgan fingerprint density at radius 1 is 1.23 bits per heavy atom. The molecular weight excluding hydrogens is 470 g/mol. The molecule has 0 aliphatic carbocycles. The van der Waals surface area contributed by atoms with Gasteiger partial charge in [-0.2, -0.15) is 4.98 Å². The predicted molar refractivity (Wildman–Crippen MR) is 131 cm³/mol. The standard InChI is InChI=1S/C24H28ClN7O3/c1-13(16-10-19(34-3)26-11-18(16)25)22(33)32-8-7-24(12-32)6-5-15-9-17(14(2)27-20(15)29-24)21-28-23(35-4)31-30-21/h9-11,13H,5-8,12H2,1-4H3,(H,27,29)(H,28,30,31)/t13-,24-/m1/s1. The fourth-order valence-electron chi connectivity index (χ4n) is 4.98. The number of methoxy groups -OCH3 is 2. The molecule has 5 rings (SSSR count). The second-order valence-electron chi connectivity index (χ2n) is 9.18. The molecule has 2 atom stereocenters. The maximum Gasteiger partial charge on any atom is 0.335 e. The summed E-state index contributed by atoms with van der Waals surface area (Å²) in [4.78, 5) is 28.6. The summed E-state index contributed by atoms with van der Waals surface area (Å²) in [6.45, 7) is 5.13. The van der Waals surface area contributed by atoms with Crippen LogP contribution in [0.3, 0.4) is 0 Å². The molecule has 0 radical (unpaired) electrons. The molecular formula is C24H28ClN7O3. The number of carbonyl (C=O) groups is 1. The Hall–Kier alpha value is -3.40. The number of fused-ring (bicyclic) bond motifs is 1. The zero-order valence-electron chi connectivity index (χ0n) is 20.2. The van der Waals surface area contributed by atoms with Crippen molar-refractivity contribution in [3.05, 3.63) is 40.2 Å². The van der Waals surface area contributed by atoms with E-state index in [9.17, 15) is 4.79 Å². The summed E-state index contributed by atoms with van der Waals surface area (Å²) < 4.78 is 10.3. The first-order chi connectivity index (χ1) is 16.8. The Labute approximate surface area is 208 Å². The molecule has 0 saturated carbocycles. The van der Waals surface area contributed by atoms with Gasteiger partial charge in [-0.25, -0.2) is 9.97 Å². The molecule has 1 fully saturated rings. The number of aryl methyl sites for hydroxylation is 2. The number of carbonyl (C=O) groups excluding carboxylic acids is 1. The second-order valence-corrected chi connectivity index (χ2v) is 9.59. The molecule has 2 N–H and O–H groups in total. The first kappa shape index (κ1) is 23.3. The number of pyridine rings is 2. The fourth-order valence-corrected chi connectivity index (χ4v) is 5.25. The Morgan fingerprint density at radius 3 is 2.80 bits per heavy atom. The molecule has 184 valence electrons. The van der Waals surface area contributed by atoms with E-state index in [1.54, 1.807) is 13.2 Å². The van der Waals surface area contributed by atoms with Gasteiger partial charge in [-0.05, 0) is 50.3 Å². The van der Waals surface area contributed by atoms with Crippen LogP contribution in [0.2, 0.25) is 5.02 Å². The highest BCUT2D eigenvalue weighted by Gasteiger charge is 2.43. The van der Waals surface area contributed by atoms with E-state index in [1.807, 2.05) is 18.7 Å². The lowest BCUT2D eigenvalue weighted by molar-refractivity contribution is -0.131. The molecule has 0 aromatic carbocycles. The third-order valence-electron chi connectivity index (χ3n) is 7.02. The molecule has 11 heteroatoms. The Balaban J connectivity index is 1.32. The van der Waals surface area contributed by atoms with Gasteiger partial charge >= 0.3 is 6.01 Å². The molecule has 3 aromatic heterocycles. The number of aromatic nitrogens is 5. The molecule has 2 aliphatic rings. The van der Waals surface area contributed by atoms with Crippen LogP contribution in [0.1, 0.15) is 42.5 Å². The predicted octanol–water partition coefficient (Wildman–Crippen LogP) is 3.37. The molecule has 0 unspecified atom stereocenters. The van der Waals surface area contributed by atoms with Crippen LogP contribution in [0, 0.1) is 6.92 Å². The number of halogens is 1. The summed E-state index contributed by atoms with van der Waals surface area (Å²) in [6.07, 6.45) is 4.16. The van der Waals surface area contributed by atoms with E-state index in [0.29, 0.717) is 35.8 Å². The van der Waals surface area contributed by atoms with Crippen molar-refractivity contribution in [1.82, 2.24) is 30.0 Å². The minimum absolute atomic E-state index is 0.0448. The van der Waals surface area contributed by atoms with Gasteiger partial charge in [-0.15, -0.1) is 5.10 Å². The maximum absolute atomic E-state index is 13.4. The summed E-state index contributed by atoms with van der Waals surface area (Å²) >= 11 is 6.35. The summed E-state index contributed by atoms with van der Waals surface area (Å²) in [5.41, 5.74) is 3.39. The quantitative estimate of drug-likeness (QED) is 0.550. The lowest BCUT2D eigenvalue weighted by atomic mass is 9.86. The topological polar surface area (TPSA) is 118 Å². The second kappa shape index (κ2) is 8.99. The summed E-state index contributed by atoms with van der Waals surface area (Å²) in [5, 5.41) is 11.1. The van der Waals surface area contributed by atoms with E-state index in [1.165, 1.54) is 13.3 Å². The molecule has 2 aliphatic heterocycles. The van der Waals surface area contributed by atoms with Gasteiger partial charge in [0.2, 0.25) is 11.8 Å². The van der Waals surface area contributed by atoms with Crippen molar-refractivity contribution in [3.63, 3.8) is 0 Å². The van der Waals surface area contributed by atoms with Gasteiger partial charge in [0.1, 0.15) is 5.82 Å². The van der Waals surface area contributed by atoms with Gasteiger partial charge in [-0.1, -0.05) is 11.6 Å². The van der Waals surface area contributed by atoms with E-state index in [4.69, 9.17) is 26.1 Å². The van der Waals surface area contributed by atoms with Crippen LogP contribution in [0.5, 0.6) is 11.9 Å². The molecule has 5 heterocycles. The smallest absolute Gasteiger partial charge is 0.335 e. The molecule has 10 nitrogen and oxygen atoms in total. The van der Waals surface area contributed by atoms with Crippen molar-refractivity contribution in [2.75, 3.05) is 32.6 Å².